The number of nitrogens with zero attached hydrogens (tertiary/aromatic N) is 2. The van der Waals surface area contributed by atoms with Crippen LogP contribution in [0.2, 0.25) is 0 Å². The van der Waals surface area contributed by atoms with Crippen LogP contribution in [0.3, 0.4) is 0 Å². The smallest absolute Gasteiger partial charge is 0.212 e. The van der Waals surface area contributed by atoms with Gasteiger partial charge in [0.25, 0.3) is 0 Å². The van der Waals surface area contributed by atoms with Crippen molar-refractivity contribution < 1.29 is 14.3 Å². The Morgan fingerprint density at radius 2 is 1.77 bits per heavy atom. The molecule has 1 atom stereocenters. The van der Waals surface area contributed by atoms with Crippen LogP contribution < -0.4 is 14.4 Å². The van der Waals surface area contributed by atoms with Gasteiger partial charge in [-0.3, -0.25) is 9.69 Å². The molecule has 0 spiro atoms. The average Bonchev–Trinajstić information content (AvgIpc) is 2.80. The third-order valence-corrected chi connectivity index (χ3v) is 5.76. The van der Waals surface area contributed by atoms with Crippen LogP contribution >= 0.6 is 0 Å². The Labute approximate surface area is 178 Å². The molecule has 1 saturated heterocycles. The van der Waals surface area contributed by atoms with Crippen molar-refractivity contribution in [2.75, 3.05) is 50.8 Å². The van der Waals surface area contributed by atoms with Gasteiger partial charge in [-0.1, -0.05) is 42.3 Å². The Bertz CT molecular complexity index is 924. The van der Waals surface area contributed by atoms with Gasteiger partial charge in [-0.2, -0.15) is 0 Å². The van der Waals surface area contributed by atoms with E-state index in [1.165, 1.54) is 0 Å². The summed E-state index contributed by atoms with van der Waals surface area (Å²) in [6.07, 6.45) is 0.787. The maximum atomic E-state index is 12.6. The van der Waals surface area contributed by atoms with Gasteiger partial charge < -0.3 is 14.4 Å². The zero-order chi connectivity index (χ0) is 20.8. The fourth-order valence-electron chi connectivity index (χ4n) is 4.18. The Kier molecular flexibility index (Phi) is 6.56. The molecule has 0 N–H and O–H groups in total. The van der Waals surface area contributed by atoms with Crippen molar-refractivity contribution in [1.82, 2.24) is 4.90 Å². The maximum absolute atomic E-state index is 12.6. The summed E-state index contributed by atoms with van der Waals surface area (Å²) in [5, 5.41) is 0. The number of carbonyl (C=O) groups is 1. The zero-order valence-corrected chi connectivity index (χ0v) is 17.5. The van der Waals surface area contributed by atoms with Crippen LogP contribution in [-0.4, -0.2) is 56.6 Å². The van der Waals surface area contributed by atoms with E-state index < -0.39 is 0 Å². The molecule has 2 heterocycles. The Morgan fingerprint density at radius 3 is 2.53 bits per heavy atom. The quantitative estimate of drug-likeness (QED) is 0.546. The lowest BCUT2D eigenvalue weighted by Crippen LogP contribution is -2.47. The lowest BCUT2D eigenvalue weighted by atomic mass is 9.91. The summed E-state index contributed by atoms with van der Waals surface area (Å²) in [5.41, 5.74) is 2.17. The monoisotopic (exact) mass is 404 g/mol. The molecule has 30 heavy (non-hydrogen) atoms. The second-order valence-corrected chi connectivity index (χ2v) is 7.62. The highest BCUT2D eigenvalue weighted by atomic mass is 16.6. The van der Waals surface area contributed by atoms with E-state index in [4.69, 9.17) is 9.47 Å². The number of carbonyl (C=O) groups excluding carboxylic acids is 1. The molecule has 1 fully saturated rings. The molecule has 5 heteroatoms. The summed E-state index contributed by atoms with van der Waals surface area (Å²) >= 11 is 0. The zero-order valence-electron chi connectivity index (χ0n) is 17.5. The van der Waals surface area contributed by atoms with Crippen LogP contribution in [0.4, 0.5) is 5.69 Å². The molecule has 0 aromatic heterocycles. The van der Waals surface area contributed by atoms with E-state index in [1.54, 1.807) is 6.92 Å². The number of Topliss-reactive ketones (excluding diaryl/α,β-unsaturated/α-hetero) is 1. The number of piperazine rings is 1. The van der Waals surface area contributed by atoms with Crippen molar-refractivity contribution in [2.45, 2.75) is 19.3 Å². The summed E-state index contributed by atoms with van der Waals surface area (Å²) in [4.78, 5) is 17.4. The summed E-state index contributed by atoms with van der Waals surface area (Å²) in [6.45, 7) is 7.58. The standard InChI is InChI=1S/C25H28N2O3/c1-2-7-23(28)21(20-8-4-3-5-9-20)12-13-26-14-16-27(17-15-26)22-10-6-11-24-25(22)30-19-18-29-24/h3-6,8-11,21H,12-19H2,1H3. The first-order chi connectivity index (χ1) is 14.8. The summed E-state index contributed by atoms with van der Waals surface area (Å²) < 4.78 is 11.6. The van der Waals surface area contributed by atoms with Gasteiger partial charge in [-0.05, 0) is 43.5 Å². The predicted molar refractivity (Wildman–Crippen MR) is 118 cm³/mol. The second-order valence-electron chi connectivity index (χ2n) is 7.62. The molecule has 1 unspecified atom stereocenters. The number of rotatable bonds is 6. The fraction of sp³-hybridized carbons (Fsp3) is 0.400. The number of ether oxygens (including phenoxy) is 2. The Morgan fingerprint density at radius 1 is 1.00 bits per heavy atom. The minimum absolute atomic E-state index is 0.00963. The molecule has 0 bridgehead atoms. The van der Waals surface area contributed by atoms with Gasteiger partial charge in [0.1, 0.15) is 13.2 Å². The first-order valence-corrected chi connectivity index (χ1v) is 10.6. The molecule has 5 nitrogen and oxygen atoms in total. The van der Waals surface area contributed by atoms with Crippen LogP contribution in [0.25, 0.3) is 0 Å². The minimum atomic E-state index is -0.164. The van der Waals surface area contributed by atoms with E-state index in [0.717, 1.165) is 61.9 Å². The highest BCUT2D eigenvalue weighted by Crippen LogP contribution is 2.39. The molecule has 0 aliphatic carbocycles. The van der Waals surface area contributed by atoms with Crippen molar-refractivity contribution in [1.29, 1.82) is 0 Å². The molecule has 0 radical (unpaired) electrons. The maximum Gasteiger partial charge on any atom is 0.212 e. The minimum Gasteiger partial charge on any atom is -0.486 e. The van der Waals surface area contributed by atoms with Crippen molar-refractivity contribution in [3.63, 3.8) is 0 Å². The summed E-state index contributed by atoms with van der Waals surface area (Å²) in [5.74, 6) is 7.06. The van der Waals surface area contributed by atoms with Gasteiger partial charge in [0.2, 0.25) is 5.78 Å². The number of hydrogen-bond donors (Lipinski definition) is 0. The Hall–Kier alpha value is -2.97. The van der Waals surface area contributed by atoms with E-state index in [-0.39, 0.29) is 11.7 Å². The van der Waals surface area contributed by atoms with Gasteiger partial charge in [-0.25, -0.2) is 0 Å². The first kappa shape index (κ1) is 20.3. The third kappa shape index (κ3) is 4.60. The number of fused-ring (bicyclic) bond motifs is 1. The Balaban J connectivity index is 1.36. The SMILES string of the molecule is CC#CC(=O)C(CCN1CCN(c2cccc3c2OCCO3)CC1)c1ccccc1. The van der Waals surface area contributed by atoms with Crippen LogP contribution in [0.15, 0.2) is 48.5 Å². The fourth-order valence-corrected chi connectivity index (χ4v) is 4.18. The van der Waals surface area contributed by atoms with Crippen LogP contribution in [-0.2, 0) is 4.79 Å². The number of benzene rings is 2. The molecule has 0 amide bonds. The van der Waals surface area contributed by atoms with Gasteiger partial charge in [0, 0.05) is 26.2 Å². The van der Waals surface area contributed by atoms with E-state index in [9.17, 15) is 4.79 Å². The van der Waals surface area contributed by atoms with Crippen LogP contribution in [0.1, 0.15) is 24.8 Å². The number of anilines is 1. The van der Waals surface area contributed by atoms with Crippen LogP contribution in [0, 0.1) is 11.8 Å². The number of hydrogen-bond acceptors (Lipinski definition) is 5. The molecule has 2 aliphatic heterocycles. The van der Waals surface area contributed by atoms with E-state index in [1.807, 2.05) is 42.5 Å². The van der Waals surface area contributed by atoms with Crippen molar-refractivity contribution in [3.8, 4) is 23.3 Å². The van der Waals surface area contributed by atoms with Crippen molar-refractivity contribution in [3.05, 3.63) is 54.1 Å². The van der Waals surface area contributed by atoms with E-state index in [0.29, 0.717) is 13.2 Å². The van der Waals surface area contributed by atoms with E-state index >= 15 is 0 Å². The lowest BCUT2D eigenvalue weighted by Gasteiger charge is -2.37. The van der Waals surface area contributed by atoms with Gasteiger partial charge in [0.15, 0.2) is 11.5 Å². The summed E-state index contributed by atoms with van der Waals surface area (Å²) in [7, 11) is 0. The van der Waals surface area contributed by atoms with Crippen LogP contribution in [0.5, 0.6) is 11.5 Å². The van der Waals surface area contributed by atoms with Crippen molar-refractivity contribution in [2.24, 2.45) is 0 Å². The molecule has 156 valence electrons. The van der Waals surface area contributed by atoms with Crippen molar-refractivity contribution >= 4 is 11.5 Å². The highest BCUT2D eigenvalue weighted by Gasteiger charge is 2.25. The normalized spacial score (nSPS) is 17.0. The topological polar surface area (TPSA) is 42.0 Å². The molecular formula is C25H28N2O3. The van der Waals surface area contributed by atoms with E-state index in [2.05, 4.69) is 27.7 Å². The predicted octanol–water partition coefficient (Wildman–Crippen LogP) is 3.35. The number of ketones is 1. The summed E-state index contributed by atoms with van der Waals surface area (Å²) in [6, 6.07) is 16.1. The molecule has 4 rings (SSSR count). The largest absolute Gasteiger partial charge is 0.486 e. The molecule has 2 aliphatic rings. The highest BCUT2D eigenvalue weighted by molar-refractivity contribution is 6.00. The molecule has 0 saturated carbocycles. The van der Waals surface area contributed by atoms with Gasteiger partial charge in [-0.15, -0.1) is 0 Å². The molecule has 2 aromatic carbocycles. The number of para-hydroxylation sites is 1. The molecule has 2 aromatic rings. The lowest BCUT2D eigenvalue weighted by molar-refractivity contribution is -0.115. The van der Waals surface area contributed by atoms with Gasteiger partial charge >= 0.3 is 0 Å². The van der Waals surface area contributed by atoms with Gasteiger partial charge in [0.05, 0.1) is 11.6 Å². The third-order valence-electron chi connectivity index (χ3n) is 5.76. The first-order valence-electron chi connectivity index (χ1n) is 10.6. The second kappa shape index (κ2) is 9.69. The molecular weight excluding hydrogens is 376 g/mol. The average molecular weight is 405 g/mol.